The molecule has 1 heterocycles. The van der Waals surface area contributed by atoms with Crippen molar-refractivity contribution >= 4 is 5.78 Å². The second-order valence-electron chi connectivity index (χ2n) is 6.91. The number of aromatic hydroxyl groups is 1. The lowest BCUT2D eigenvalue weighted by molar-refractivity contribution is -0.114. The van der Waals surface area contributed by atoms with Crippen LogP contribution in [0.5, 0.6) is 11.5 Å². The van der Waals surface area contributed by atoms with Crippen LogP contribution in [0, 0.1) is 0 Å². The maximum atomic E-state index is 11.4. The number of carbonyl (C=O) groups is 1. The van der Waals surface area contributed by atoms with Gasteiger partial charge in [0.2, 0.25) is 0 Å². The van der Waals surface area contributed by atoms with Crippen molar-refractivity contribution in [2.75, 3.05) is 0 Å². The highest BCUT2D eigenvalue weighted by Crippen LogP contribution is 2.49. The molecule has 1 unspecified atom stereocenters. The molecule has 4 heteroatoms. The number of phenols is 1. The van der Waals surface area contributed by atoms with E-state index in [1.165, 1.54) is 6.08 Å². The number of aliphatic hydroxyl groups excluding tert-OH is 1. The van der Waals surface area contributed by atoms with Crippen molar-refractivity contribution in [2.24, 2.45) is 0 Å². The van der Waals surface area contributed by atoms with Gasteiger partial charge in [-0.25, -0.2) is 0 Å². The van der Waals surface area contributed by atoms with Gasteiger partial charge in [-0.05, 0) is 30.6 Å². The Morgan fingerprint density at radius 2 is 1.86 bits per heavy atom. The molecule has 0 radical (unpaired) electrons. The average molecular weight is 300 g/mol. The molecule has 3 rings (SSSR count). The quantitative estimate of drug-likeness (QED) is 0.832. The Morgan fingerprint density at radius 1 is 1.14 bits per heavy atom. The van der Waals surface area contributed by atoms with Gasteiger partial charge in [0.15, 0.2) is 5.78 Å². The molecule has 4 nitrogen and oxygen atoms in total. The summed E-state index contributed by atoms with van der Waals surface area (Å²) in [4.78, 5) is 11.4. The van der Waals surface area contributed by atoms with Crippen molar-refractivity contribution in [1.82, 2.24) is 0 Å². The normalized spacial score (nSPS) is 26.6. The van der Waals surface area contributed by atoms with Crippen LogP contribution >= 0.6 is 0 Å². The average Bonchev–Trinajstić information content (AvgIpc) is 2.35. The molecule has 2 N–H and O–H groups in total. The summed E-state index contributed by atoms with van der Waals surface area (Å²) in [6.45, 7) is 6.13. The summed E-state index contributed by atoms with van der Waals surface area (Å²) < 4.78 is 6.14. The number of allylic oxidation sites excluding steroid dienone is 2. The van der Waals surface area contributed by atoms with Crippen LogP contribution in [0.1, 0.15) is 39.2 Å². The molecule has 2 aliphatic rings. The van der Waals surface area contributed by atoms with Crippen molar-refractivity contribution < 1.29 is 19.7 Å². The van der Waals surface area contributed by atoms with E-state index in [9.17, 15) is 15.0 Å². The maximum Gasteiger partial charge on any atom is 0.163 e. The number of aliphatic hydroxyl groups is 1. The summed E-state index contributed by atoms with van der Waals surface area (Å²) in [6, 6.07) is 5.13. The molecule has 1 aliphatic carbocycles. The van der Waals surface area contributed by atoms with E-state index in [4.69, 9.17) is 4.74 Å². The van der Waals surface area contributed by atoms with Crippen LogP contribution in [0.25, 0.3) is 0 Å². The van der Waals surface area contributed by atoms with E-state index in [1.54, 1.807) is 18.2 Å². The van der Waals surface area contributed by atoms with Crippen LogP contribution in [0.3, 0.4) is 0 Å². The number of hydrogen-bond donors (Lipinski definition) is 2. The molecule has 0 bridgehead atoms. The standard InChI is InChI=1S/C18H20O4/c1-17(2)10-18(3,13-6-4-11(19)8-15(13)21)22-16-9-12(20)5-7-14(16)17/h4-7,9,20-21H,8,10H2,1-3H3. The minimum Gasteiger partial charge on any atom is -0.511 e. The lowest BCUT2D eigenvalue weighted by atomic mass is 9.70. The third-order valence-electron chi connectivity index (χ3n) is 4.47. The third kappa shape index (κ3) is 2.28. The first-order valence-corrected chi connectivity index (χ1v) is 7.37. The molecule has 116 valence electrons. The summed E-state index contributed by atoms with van der Waals surface area (Å²) >= 11 is 0. The zero-order valence-corrected chi connectivity index (χ0v) is 13.0. The van der Waals surface area contributed by atoms with E-state index < -0.39 is 5.60 Å². The first kappa shape index (κ1) is 14.7. The van der Waals surface area contributed by atoms with Gasteiger partial charge >= 0.3 is 0 Å². The fraction of sp³-hybridized carbons (Fsp3) is 0.389. The number of fused-ring (bicyclic) bond motifs is 1. The highest BCUT2D eigenvalue weighted by Gasteiger charge is 2.45. The van der Waals surface area contributed by atoms with Gasteiger partial charge in [-0.1, -0.05) is 19.9 Å². The lowest BCUT2D eigenvalue weighted by Crippen LogP contribution is -2.45. The van der Waals surface area contributed by atoms with Crippen LogP contribution in [-0.2, 0) is 10.2 Å². The summed E-state index contributed by atoms with van der Waals surface area (Å²) in [5.41, 5.74) is 0.734. The largest absolute Gasteiger partial charge is 0.511 e. The Morgan fingerprint density at radius 3 is 2.55 bits per heavy atom. The second-order valence-corrected chi connectivity index (χ2v) is 6.91. The van der Waals surface area contributed by atoms with E-state index in [0.717, 1.165) is 5.56 Å². The predicted octanol–water partition coefficient (Wildman–Crippen LogP) is 3.55. The van der Waals surface area contributed by atoms with Crippen molar-refractivity contribution in [2.45, 2.75) is 44.6 Å². The maximum absolute atomic E-state index is 11.4. The van der Waals surface area contributed by atoms with Gasteiger partial charge < -0.3 is 14.9 Å². The number of phenolic OH excluding ortho intramolecular Hbond substituents is 1. The van der Waals surface area contributed by atoms with Gasteiger partial charge in [-0.3, -0.25) is 4.79 Å². The summed E-state index contributed by atoms with van der Waals surface area (Å²) in [5.74, 6) is 0.711. The molecule has 0 fully saturated rings. The summed E-state index contributed by atoms with van der Waals surface area (Å²) in [7, 11) is 0. The molecule has 0 amide bonds. The van der Waals surface area contributed by atoms with Gasteiger partial charge in [-0.2, -0.15) is 0 Å². The third-order valence-corrected chi connectivity index (χ3v) is 4.47. The van der Waals surface area contributed by atoms with E-state index in [1.807, 2.05) is 13.0 Å². The molecule has 0 saturated heterocycles. The van der Waals surface area contributed by atoms with Crippen LogP contribution in [0.2, 0.25) is 0 Å². The molecule has 0 aromatic heterocycles. The second kappa shape index (κ2) is 4.63. The number of ketones is 1. The monoisotopic (exact) mass is 300 g/mol. The molecule has 1 aromatic rings. The smallest absolute Gasteiger partial charge is 0.163 e. The molecule has 1 aromatic carbocycles. The molecule has 22 heavy (non-hydrogen) atoms. The predicted molar refractivity (Wildman–Crippen MR) is 83.2 cm³/mol. The Hall–Kier alpha value is -2.23. The fourth-order valence-corrected chi connectivity index (χ4v) is 3.60. The molecule has 1 aliphatic heterocycles. The minimum atomic E-state index is -0.744. The molecule has 0 saturated carbocycles. The van der Waals surface area contributed by atoms with Crippen molar-refractivity contribution in [1.29, 1.82) is 0 Å². The number of ether oxygens (including phenoxy) is 1. The topological polar surface area (TPSA) is 66.8 Å². The molecular formula is C18H20O4. The zero-order valence-electron chi connectivity index (χ0n) is 13.0. The number of rotatable bonds is 1. The Labute approximate surface area is 129 Å². The van der Waals surface area contributed by atoms with Gasteiger partial charge in [0.05, 0.1) is 6.42 Å². The number of carbonyl (C=O) groups excluding carboxylic acids is 1. The first-order chi connectivity index (χ1) is 10.2. The van der Waals surface area contributed by atoms with Crippen molar-refractivity contribution in [3.8, 4) is 11.5 Å². The Bertz CT molecular complexity index is 712. The fourth-order valence-electron chi connectivity index (χ4n) is 3.60. The molecule has 0 spiro atoms. The number of benzene rings is 1. The summed E-state index contributed by atoms with van der Waals surface area (Å²) in [6.07, 6.45) is 3.80. The van der Waals surface area contributed by atoms with Gasteiger partial charge in [0.25, 0.3) is 0 Å². The van der Waals surface area contributed by atoms with Gasteiger partial charge in [-0.15, -0.1) is 0 Å². The lowest BCUT2D eigenvalue weighted by Gasteiger charge is -2.45. The zero-order chi connectivity index (χ0) is 16.1. The Kier molecular flexibility index (Phi) is 3.09. The van der Waals surface area contributed by atoms with Crippen LogP contribution in [0.15, 0.2) is 41.7 Å². The Balaban J connectivity index is 2.09. The highest BCUT2D eigenvalue weighted by molar-refractivity contribution is 5.93. The van der Waals surface area contributed by atoms with E-state index in [-0.39, 0.29) is 29.1 Å². The van der Waals surface area contributed by atoms with Crippen molar-refractivity contribution in [3.63, 3.8) is 0 Å². The molecular weight excluding hydrogens is 280 g/mol. The van der Waals surface area contributed by atoms with E-state index in [0.29, 0.717) is 17.7 Å². The molecule has 1 atom stereocenters. The van der Waals surface area contributed by atoms with Gasteiger partial charge in [0, 0.05) is 23.6 Å². The highest BCUT2D eigenvalue weighted by atomic mass is 16.5. The SMILES string of the molecule is CC1(C2=C(O)CC(=O)C=C2)CC(C)(C)c2ccc(O)cc2O1. The van der Waals surface area contributed by atoms with E-state index in [2.05, 4.69) is 13.8 Å². The minimum absolute atomic E-state index is 0.0120. The van der Waals surface area contributed by atoms with Crippen LogP contribution in [-0.4, -0.2) is 21.6 Å². The van der Waals surface area contributed by atoms with Crippen molar-refractivity contribution in [3.05, 3.63) is 47.2 Å². The summed E-state index contributed by atoms with van der Waals surface area (Å²) in [5, 5.41) is 19.9. The van der Waals surface area contributed by atoms with Gasteiger partial charge in [0.1, 0.15) is 22.9 Å². The van der Waals surface area contributed by atoms with Crippen LogP contribution in [0.4, 0.5) is 0 Å². The van der Waals surface area contributed by atoms with Crippen LogP contribution < -0.4 is 4.74 Å². The first-order valence-electron chi connectivity index (χ1n) is 7.37. The number of hydrogen-bond acceptors (Lipinski definition) is 4. The van der Waals surface area contributed by atoms with E-state index >= 15 is 0 Å².